The first kappa shape index (κ1) is 76.4. The van der Waals surface area contributed by atoms with E-state index in [1.165, 1.54) is 74.5 Å². The second-order valence-electron chi connectivity index (χ2n) is 20.1. The maximum absolute atomic E-state index is 14.8. The smallest absolute Gasteiger partial charge is 0.317 e. The van der Waals surface area contributed by atoms with Crippen LogP contribution in [0.1, 0.15) is 57.1 Å². The number of sulfonamides is 1. The van der Waals surface area contributed by atoms with E-state index >= 15 is 0 Å². The van der Waals surface area contributed by atoms with Crippen molar-refractivity contribution < 1.29 is 91.5 Å². The van der Waals surface area contributed by atoms with Gasteiger partial charge in [0, 0.05) is 71.1 Å². The average molecular weight is 1340 g/mol. The molecule has 4 rings (SSSR count). The lowest BCUT2D eigenvalue weighted by atomic mass is 10.1. The van der Waals surface area contributed by atoms with Crippen LogP contribution in [0, 0.1) is 23.3 Å². The molecule has 4 aromatic carbocycles. The van der Waals surface area contributed by atoms with E-state index in [1.807, 2.05) is 0 Å². The number of amides is 5. The van der Waals surface area contributed by atoms with Gasteiger partial charge in [-0.2, -0.15) is 9.98 Å². The number of halogens is 4. The molecule has 10 N–H and O–H groups in total. The van der Waals surface area contributed by atoms with E-state index in [1.54, 1.807) is 23.9 Å². The Morgan fingerprint density at radius 1 is 0.511 bits per heavy atom. The van der Waals surface area contributed by atoms with Crippen LogP contribution >= 0.6 is 0 Å². The van der Waals surface area contributed by atoms with E-state index in [4.69, 9.17) is 60.8 Å². The molecule has 0 aliphatic rings. The van der Waals surface area contributed by atoms with Gasteiger partial charge < -0.3 is 75.9 Å². The molecular weight excluding hydrogens is 1260 g/mol. The number of aliphatic imine (C=N–C) groups is 2. The molecule has 0 aliphatic heterocycles. The fourth-order valence-electron chi connectivity index (χ4n) is 7.88. The first-order chi connectivity index (χ1) is 43.8. The van der Waals surface area contributed by atoms with Crippen molar-refractivity contribution >= 4 is 67.7 Å². The number of sulfone groups is 1. The SMILES string of the molecule is C/C(=C\c1cc(F)c(Oc2ccc(S(=O)(=O)CCCOCCOCCOCCCC(=O)N(C)CCCCN(C)C(=O)NCCOCCOCCOCCNS(=O)(=O)c3ccc(Oc4c(F)cc(/C=C(\C)C(=O)N=C(N)N)cc4F)cc3)cc2)c(F)c1)C(=O)N=C(N)N. The molecule has 4 aromatic rings. The summed E-state index contributed by atoms with van der Waals surface area (Å²) in [6, 6.07) is 13.5. The number of nitrogens with one attached hydrogen (secondary N) is 2. The first-order valence-electron chi connectivity index (χ1n) is 28.9. The van der Waals surface area contributed by atoms with E-state index in [0.717, 1.165) is 24.3 Å². The maximum Gasteiger partial charge on any atom is 0.317 e. The quantitative estimate of drug-likeness (QED) is 0.0110. The van der Waals surface area contributed by atoms with Crippen LogP contribution in [-0.4, -0.2) is 188 Å². The molecule has 0 atom stereocenters. The van der Waals surface area contributed by atoms with Gasteiger partial charge in [-0.15, -0.1) is 0 Å². The minimum atomic E-state index is -3.96. The van der Waals surface area contributed by atoms with Crippen molar-refractivity contribution in [2.75, 3.05) is 125 Å². The molecule has 0 bridgehead atoms. The third-order valence-corrected chi connectivity index (χ3v) is 15.9. The Kier molecular flexibility index (Phi) is 33.2. The summed E-state index contributed by atoms with van der Waals surface area (Å²) in [6.45, 7) is 6.85. The summed E-state index contributed by atoms with van der Waals surface area (Å²) in [7, 11) is -4.26. The zero-order chi connectivity index (χ0) is 67.6. The Hall–Kier alpha value is -8.08. The topological polar surface area (TPSA) is 370 Å². The van der Waals surface area contributed by atoms with E-state index in [2.05, 4.69) is 20.0 Å². The zero-order valence-corrected chi connectivity index (χ0v) is 53.2. The van der Waals surface area contributed by atoms with Gasteiger partial charge in [-0.3, -0.25) is 14.4 Å². The third kappa shape index (κ3) is 28.6. The highest BCUT2D eigenvalue weighted by Gasteiger charge is 2.20. The van der Waals surface area contributed by atoms with Crippen molar-refractivity contribution in [3.05, 3.63) is 118 Å². The minimum Gasteiger partial charge on any atom is -0.451 e. The number of carbonyl (C=O) groups is 4. The molecular formula is C60H80F4N10O16S2. The van der Waals surface area contributed by atoms with Crippen LogP contribution in [0.2, 0.25) is 0 Å². The van der Waals surface area contributed by atoms with Gasteiger partial charge >= 0.3 is 6.03 Å². The van der Waals surface area contributed by atoms with Gasteiger partial charge in [0.2, 0.25) is 15.9 Å². The molecule has 5 amide bonds. The van der Waals surface area contributed by atoms with E-state index < -0.39 is 78.4 Å². The van der Waals surface area contributed by atoms with Crippen molar-refractivity contribution in [3.63, 3.8) is 0 Å². The van der Waals surface area contributed by atoms with Crippen LogP contribution in [0.3, 0.4) is 0 Å². The summed E-state index contributed by atoms with van der Waals surface area (Å²) in [5, 5.41) is 2.78. The number of unbranched alkanes of at least 4 members (excludes halogenated alkanes) is 1. The highest BCUT2D eigenvalue weighted by atomic mass is 32.2. The molecule has 0 heterocycles. The summed E-state index contributed by atoms with van der Waals surface area (Å²) in [6.07, 6.45) is 4.80. The second kappa shape index (κ2) is 40.0. The molecule has 0 fully saturated rings. The highest BCUT2D eigenvalue weighted by Crippen LogP contribution is 2.32. The van der Waals surface area contributed by atoms with E-state index in [9.17, 15) is 53.6 Å². The van der Waals surface area contributed by atoms with Crippen LogP contribution in [0.4, 0.5) is 22.4 Å². The normalized spacial score (nSPS) is 11.9. The molecule has 32 heteroatoms. The number of benzene rings is 4. The molecule has 92 heavy (non-hydrogen) atoms. The second-order valence-corrected chi connectivity index (χ2v) is 24.0. The number of urea groups is 1. The standard InChI is InChI=1S/C60H80F4N10O16S2/c1-41(56(76)71-58(65)66)35-43-37-49(61)54(50(62)38-43)89-45-10-14-47(15-11-45)91(79,80)34-8-23-84-27-31-87-30-26-83-22-7-9-53(75)73(3)20-5-6-21-74(4)60(78)69-18-24-85-28-32-88-33-29-86-25-19-70-92(81,82)48-16-12-46(13-17-48)90-55-51(63)39-44(40-52(55)64)36-42(2)57(77)72-59(67)68/h10-17,35-40,70H,5-9,18-34H2,1-4H3,(H,69,78)(H4,65,66,71,76)(H4,67,68,72,77)/b41-35+,42-36+. The van der Waals surface area contributed by atoms with Crippen LogP contribution < -0.4 is 42.4 Å². The summed E-state index contributed by atoms with van der Waals surface area (Å²) >= 11 is 0. The summed E-state index contributed by atoms with van der Waals surface area (Å²) < 4.78 is 156. The Balaban J connectivity index is 0.919. The van der Waals surface area contributed by atoms with Crippen molar-refractivity contribution in [3.8, 4) is 23.0 Å². The van der Waals surface area contributed by atoms with Crippen LogP contribution in [-0.2, 0) is 62.7 Å². The van der Waals surface area contributed by atoms with Gasteiger partial charge in [-0.05, 0) is 136 Å². The lowest BCUT2D eigenvalue weighted by molar-refractivity contribution is -0.130. The predicted octanol–water partition coefficient (Wildman–Crippen LogP) is 5.14. The third-order valence-electron chi connectivity index (χ3n) is 12.6. The van der Waals surface area contributed by atoms with Gasteiger partial charge in [0.1, 0.15) is 11.5 Å². The predicted molar refractivity (Wildman–Crippen MR) is 334 cm³/mol. The summed E-state index contributed by atoms with van der Waals surface area (Å²) in [5.74, 6) is -8.53. The largest absolute Gasteiger partial charge is 0.451 e. The number of nitrogens with zero attached hydrogens (tertiary/aromatic N) is 4. The molecule has 0 radical (unpaired) electrons. The Morgan fingerprint density at radius 3 is 1.33 bits per heavy atom. The molecule has 0 saturated carbocycles. The average Bonchev–Trinajstić information content (AvgIpc) is 0.897. The molecule has 0 aromatic heterocycles. The van der Waals surface area contributed by atoms with E-state index in [-0.39, 0.29) is 140 Å². The lowest BCUT2D eigenvalue weighted by Gasteiger charge is -2.20. The van der Waals surface area contributed by atoms with Gasteiger partial charge in [0.15, 0.2) is 56.5 Å². The number of ether oxygens (including phenoxy) is 8. The number of hydrogen-bond donors (Lipinski definition) is 6. The monoisotopic (exact) mass is 1340 g/mol. The van der Waals surface area contributed by atoms with Gasteiger partial charge in [-0.1, -0.05) is 0 Å². The number of nitrogens with two attached hydrogens (primary N) is 4. The Bertz CT molecular complexity index is 3140. The van der Waals surface area contributed by atoms with Crippen LogP contribution in [0.15, 0.2) is 104 Å². The fraction of sp³-hybridized carbons (Fsp3) is 0.433. The number of hydrogen-bond acceptors (Lipinski definition) is 16. The number of rotatable bonds is 42. The summed E-state index contributed by atoms with van der Waals surface area (Å²) in [5.41, 5.74) is 20.8. The lowest BCUT2D eigenvalue weighted by Crippen LogP contribution is -2.39. The Morgan fingerprint density at radius 2 is 0.891 bits per heavy atom. The molecule has 0 spiro atoms. The van der Waals surface area contributed by atoms with Gasteiger partial charge in [0.25, 0.3) is 11.8 Å². The molecule has 506 valence electrons. The van der Waals surface area contributed by atoms with Crippen molar-refractivity contribution in [2.24, 2.45) is 32.9 Å². The van der Waals surface area contributed by atoms with E-state index in [0.29, 0.717) is 58.6 Å². The fourth-order valence-corrected chi connectivity index (χ4v) is 10.2. The maximum atomic E-state index is 14.8. The summed E-state index contributed by atoms with van der Waals surface area (Å²) in [4.78, 5) is 58.7. The first-order valence-corrected chi connectivity index (χ1v) is 32.0. The molecule has 0 aliphatic carbocycles. The van der Waals surface area contributed by atoms with Crippen molar-refractivity contribution in [1.29, 1.82) is 0 Å². The molecule has 26 nitrogen and oxygen atoms in total. The van der Waals surface area contributed by atoms with Gasteiger partial charge in [-0.25, -0.2) is 43.9 Å². The minimum absolute atomic E-state index is 0.00925. The van der Waals surface area contributed by atoms with Gasteiger partial charge in [0.05, 0.1) is 81.6 Å². The molecule has 0 saturated heterocycles. The highest BCUT2D eigenvalue weighted by molar-refractivity contribution is 7.91. The zero-order valence-electron chi connectivity index (χ0n) is 51.6. The number of guanidine groups is 2. The van der Waals surface area contributed by atoms with Crippen molar-refractivity contribution in [2.45, 2.75) is 55.7 Å². The van der Waals surface area contributed by atoms with Crippen molar-refractivity contribution in [1.82, 2.24) is 19.8 Å². The van der Waals surface area contributed by atoms with Crippen LogP contribution in [0.5, 0.6) is 23.0 Å². The number of carbonyl (C=O) groups excluding carboxylic acids is 4. The van der Waals surface area contributed by atoms with Crippen LogP contribution in [0.25, 0.3) is 12.2 Å². The molecule has 0 unspecified atom stereocenters. The Labute approximate surface area is 532 Å².